The summed E-state index contributed by atoms with van der Waals surface area (Å²) in [7, 11) is 0. The second-order valence-corrected chi connectivity index (χ2v) is 4.70. The van der Waals surface area contributed by atoms with Crippen LogP contribution in [0.25, 0.3) is 0 Å². The summed E-state index contributed by atoms with van der Waals surface area (Å²) in [6.07, 6.45) is 5.08. The minimum Gasteiger partial charge on any atom is -0.361 e. The molecule has 0 aromatic carbocycles. The summed E-state index contributed by atoms with van der Waals surface area (Å²) < 4.78 is 18.8. The first-order valence-corrected chi connectivity index (χ1v) is 7.14. The number of hydrogen-bond donors (Lipinski definition) is 0. The molecule has 1 atom stereocenters. The van der Waals surface area contributed by atoms with Gasteiger partial charge in [0.05, 0.1) is 12.9 Å². The molecule has 0 unspecified atom stereocenters. The summed E-state index contributed by atoms with van der Waals surface area (Å²) in [6, 6.07) is 0. The van der Waals surface area contributed by atoms with E-state index in [1.165, 1.54) is 0 Å². The summed E-state index contributed by atoms with van der Waals surface area (Å²) in [5, 5.41) is 0. The van der Waals surface area contributed by atoms with Gasteiger partial charge in [-0.2, -0.15) is 0 Å². The van der Waals surface area contributed by atoms with Gasteiger partial charge in [-0.1, -0.05) is 19.8 Å². The van der Waals surface area contributed by atoms with Crippen molar-refractivity contribution in [3.63, 3.8) is 0 Å². The highest BCUT2D eigenvalue weighted by molar-refractivity contribution is 5.27. The van der Waals surface area contributed by atoms with Crippen molar-refractivity contribution in [2.45, 2.75) is 52.2 Å². The van der Waals surface area contributed by atoms with E-state index >= 15 is 0 Å². The second kappa shape index (κ2) is 6.89. The van der Waals surface area contributed by atoms with Crippen LogP contribution in [0.3, 0.4) is 0 Å². The monoisotopic (exact) mass is 278 g/mol. The Hall–Kier alpha value is -1.35. The normalized spacial score (nSPS) is 20.6. The lowest BCUT2D eigenvalue weighted by Crippen LogP contribution is -2.28. The lowest BCUT2D eigenvalue weighted by atomic mass is 10.1. The highest BCUT2D eigenvalue weighted by atomic mass is 16.7. The molecule has 0 amide bonds. The molecule has 0 N–H and O–H groups in total. The van der Waals surface area contributed by atoms with Crippen molar-refractivity contribution in [2.75, 3.05) is 13.2 Å². The van der Waals surface area contributed by atoms with Crippen LogP contribution < -0.4 is 0 Å². The van der Waals surface area contributed by atoms with Crippen LogP contribution in [-0.4, -0.2) is 34.7 Å². The molecule has 0 radical (unpaired) electrons. The predicted octanol–water partition coefficient (Wildman–Crippen LogP) is 2.16. The topological polar surface area (TPSA) is 45.5 Å². The minimum atomic E-state index is -0.451. The van der Waals surface area contributed by atoms with E-state index in [9.17, 15) is 0 Å². The quantitative estimate of drug-likeness (QED) is 0.774. The smallest absolute Gasteiger partial charge is 0.169 e. The Kier molecular flexibility index (Phi) is 5.18. The fourth-order valence-corrected chi connectivity index (χ4v) is 2.09. The summed E-state index contributed by atoms with van der Waals surface area (Å²) in [6.45, 7) is 7.80. The van der Waals surface area contributed by atoms with Crippen molar-refractivity contribution in [2.24, 2.45) is 0 Å². The van der Waals surface area contributed by atoms with E-state index in [0.29, 0.717) is 19.9 Å². The molecule has 2 heterocycles. The van der Waals surface area contributed by atoms with Crippen molar-refractivity contribution in [1.29, 1.82) is 0 Å². The van der Waals surface area contributed by atoms with E-state index in [1.54, 1.807) is 6.33 Å². The number of nitrogens with zero attached hydrogens (tertiary/aromatic N) is 2. The standard InChI is InChI=1S/C15H22N2O3/c1-4-15(5-2)19-10-14(20-15)8-7-13-9-17(11-16-13)12-18-6-3/h9,11,14H,4-6,10,12H2,1-3H3/t14-/m1/s1. The Labute approximate surface area is 120 Å². The molecule has 110 valence electrons. The lowest BCUT2D eigenvalue weighted by molar-refractivity contribution is -0.166. The van der Waals surface area contributed by atoms with Crippen LogP contribution in [0.4, 0.5) is 0 Å². The minimum absolute atomic E-state index is 0.174. The molecule has 2 rings (SSSR count). The maximum atomic E-state index is 5.89. The van der Waals surface area contributed by atoms with Crippen LogP contribution in [0.1, 0.15) is 39.3 Å². The van der Waals surface area contributed by atoms with Gasteiger partial charge in [0, 0.05) is 12.8 Å². The first-order chi connectivity index (χ1) is 9.71. The molecule has 0 aliphatic carbocycles. The van der Waals surface area contributed by atoms with Crippen molar-refractivity contribution in [3.05, 3.63) is 18.2 Å². The van der Waals surface area contributed by atoms with Crippen molar-refractivity contribution in [3.8, 4) is 11.8 Å². The SMILES string of the molecule is CCOCn1cnc(C#C[C@@H]2COC(CC)(CC)O2)c1. The van der Waals surface area contributed by atoms with Gasteiger partial charge >= 0.3 is 0 Å². The first kappa shape index (κ1) is 15.0. The van der Waals surface area contributed by atoms with Crippen molar-refractivity contribution < 1.29 is 14.2 Å². The van der Waals surface area contributed by atoms with Crippen LogP contribution in [0.15, 0.2) is 12.5 Å². The van der Waals surface area contributed by atoms with Gasteiger partial charge in [0.2, 0.25) is 0 Å². The molecule has 1 aromatic rings. The Bertz CT molecular complexity index is 483. The third kappa shape index (κ3) is 3.60. The first-order valence-electron chi connectivity index (χ1n) is 7.14. The Morgan fingerprint density at radius 2 is 2.25 bits per heavy atom. The van der Waals surface area contributed by atoms with Gasteiger partial charge in [-0.25, -0.2) is 4.98 Å². The number of imidazole rings is 1. The van der Waals surface area contributed by atoms with Gasteiger partial charge in [0.25, 0.3) is 0 Å². The maximum Gasteiger partial charge on any atom is 0.169 e. The third-order valence-electron chi connectivity index (χ3n) is 3.37. The van der Waals surface area contributed by atoms with Crippen LogP contribution in [-0.2, 0) is 20.9 Å². The summed E-state index contributed by atoms with van der Waals surface area (Å²) in [5.74, 6) is 5.65. The molecule has 5 nitrogen and oxygen atoms in total. The van der Waals surface area contributed by atoms with Crippen LogP contribution >= 0.6 is 0 Å². The summed E-state index contributed by atoms with van der Waals surface area (Å²) in [5.41, 5.74) is 0.721. The summed E-state index contributed by atoms with van der Waals surface area (Å²) >= 11 is 0. The molecule has 1 aromatic heterocycles. The fraction of sp³-hybridized carbons (Fsp3) is 0.667. The molecule has 0 saturated carbocycles. The Morgan fingerprint density at radius 3 is 2.90 bits per heavy atom. The highest BCUT2D eigenvalue weighted by Crippen LogP contribution is 2.29. The number of aromatic nitrogens is 2. The van der Waals surface area contributed by atoms with Gasteiger partial charge in [0.1, 0.15) is 18.5 Å². The average molecular weight is 278 g/mol. The molecule has 20 heavy (non-hydrogen) atoms. The Balaban J connectivity index is 1.93. The lowest BCUT2D eigenvalue weighted by Gasteiger charge is -2.23. The van der Waals surface area contributed by atoms with Gasteiger partial charge in [0.15, 0.2) is 5.79 Å². The third-order valence-corrected chi connectivity index (χ3v) is 3.37. The van der Waals surface area contributed by atoms with Gasteiger partial charge in [-0.15, -0.1) is 0 Å². The summed E-state index contributed by atoms with van der Waals surface area (Å²) in [4.78, 5) is 4.22. The highest BCUT2D eigenvalue weighted by Gasteiger charge is 2.37. The van der Waals surface area contributed by atoms with E-state index in [-0.39, 0.29) is 6.10 Å². The zero-order chi connectivity index (χ0) is 14.4. The van der Waals surface area contributed by atoms with E-state index in [0.717, 1.165) is 18.5 Å². The van der Waals surface area contributed by atoms with Gasteiger partial charge in [-0.3, -0.25) is 0 Å². The molecular weight excluding hydrogens is 256 g/mol. The van der Waals surface area contributed by atoms with Crippen molar-refractivity contribution >= 4 is 0 Å². The predicted molar refractivity (Wildman–Crippen MR) is 74.9 cm³/mol. The molecular formula is C15H22N2O3. The molecule has 1 aliphatic heterocycles. The number of rotatable bonds is 5. The van der Waals surface area contributed by atoms with Crippen LogP contribution in [0.2, 0.25) is 0 Å². The molecule has 1 fully saturated rings. The maximum absolute atomic E-state index is 5.89. The van der Waals surface area contributed by atoms with E-state index in [1.807, 2.05) is 17.7 Å². The molecule has 0 bridgehead atoms. The van der Waals surface area contributed by atoms with Crippen molar-refractivity contribution in [1.82, 2.24) is 9.55 Å². The average Bonchev–Trinajstić information content (AvgIpc) is 3.10. The van der Waals surface area contributed by atoms with Gasteiger partial charge < -0.3 is 18.8 Å². The molecule has 5 heteroatoms. The van der Waals surface area contributed by atoms with Crippen LogP contribution in [0, 0.1) is 11.8 Å². The zero-order valence-electron chi connectivity index (χ0n) is 12.4. The van der Waals surface area contributed by atoms with E-state index in [2.05, 4.69) is 30.7 Å². The molecule has 0 spiro atoms. The Morgan fingerprint density at radius 1 is 1.45 bits per heavy atom. The van der Waals surface area contributed by atoms with E-state index in [4.69, 9.17) is 14.2 Å². The molecule has 1 saturated heterocycles. The second-order valence-electron chi connectivity index (χ2n) is 4.70. The zero-order valence-corrected chi connectivity index (χ0v) is 12.4. The van der Waals surface area contributed by atoms with Crippen LogP contribution in [0.5, 0.6) is 0 Å². The molecule has 1 aliphatic rings. The van der Waals surface area contributed by atoms with Gasteiger partial charge in [-0.05, 0) is 25.7 Å². The van der Waals surface area contributed by atoms with E-state index < -0.39 is 5.79 Å². The number of ether oxygens (including phenoxy) is 3. The number of hydrogen-bond acceptors (Lipinski definition) is 4. The largest absolute Gasteiger partial charge is 0.361 e. The fourth-order valence-electron chi connectivity index (χ4n) is 2.09.